The first-order chi connectivity index (χ1) is 15.9. The fourth-order valence-corrected chi connectivity index (χ4v) is 9.71. The van der Waals surface area contributed by atoms with Crippen LogP contribution < -0.4 is 0 Å². The zero-order chi connectivity index (χ0) is 24.5. The topological polar surface area (TPSA) is 86.7 Å². The van der Waals surface area contributed by atoms with E-state index < -0.39 is 27.6 Å². The van der Waals surface area contributed by atoms with Gasteiger partial charge in [0.15, 0.2) is 0 Å². The van der Waals surface area contributed by atoms with Crippen molar-refractivity contribution in [1.29, 1.82) is 0 Å². The molecule has 1 aromatic carbocycles. The zero-order valence-corrected chi connectivity index (χ0v) is 21.4. The summed E-state index contributed by atoms with van der Waals surface area (Å²) in [7, 11) is -2.48. The maximum atomic E-state index is 13.2. The molecule has 0 radical (unpaired) electrons. The molecule has 6 nitrogen and oxygen atoms in total. The molecule has 0 amide bonds. The molecule has 7 atom stereocenters. The van der Waals surface area contributed by atoms with Crippen molar-refractivity contribution >= 4 is 21.9 Å². The minimum Gasteiger partial charge on any atom is -0.469 e. The summed E-state index contributed by atoms with van der Waals surface area (Å²) in [6.07, 6.45) is 5.65. The van der Waals surface area contributed by atoms with Gasteiger partial charge in [-0.15, -0.1) is 0 Å². The fourth-order valence-electron chi connectivity index (χ4n) is 8.60. The second kappa shape index (κ2) is 7.89. The molecule has 0 aliphatic heterocycles. The number of benzene rings is 1. The maximum absolute atomic E-state index is 13.2. The van der Waals surface area contributed by atoms with Gasteiger partial charge in [-0.1, -0.05) is 31.0 Å². The number of hydrogen-bond acceptors (Lipinski definition) is 6. The Kier molecular flexibility index (Phi) is 5.56. The number of esters is 1. The molecule has 5 fully saturated rings. The van der Waals surface area contributed by atoms with Gasteiger partial charge in [-0.25, -0.2) is 0 Å². The molecule has 0 unspecified atom stereocenters. The molecule has 6 rings (SSSR count). The largest absolute Gasteiger partial charge is 0.469 e. The third kappa shape index (κ3) is 3.41. The Morgan fingerprint density at radius 2 is 1.76 bits per heavy atom. The number of Topliss-reactive ketones (excluding diaryl/α,β-unsaturated/α-hetero) is 1. The second-order valence-corrected chi connectivity index (χ2v) is 13.4. The van der Waals surface area contributed by atoms with Crippen LogP contribution in [0.1, 0.15) is 70.8 Å². The summed E-state index contributed by atoms with van der Waals surface area (Å²) >= 11 is 0. The summed E-state index contributed by atoms with van der Waals surface area (Å²) in [6, 6.07) is 6.65. The third-order valence-electron chi connectivity index (χ3n) is 10.1. The highest BCUT2D eigenvalue weighted by Crippen LogP contribution is 2.71. The molecule has 1 spiro atoms. The van der Waals surface area contributed by atoms with Crippen LogP contribution in [0.5, 0.6) is 0 Å². The van der Waals surface area contributed by atoms with Crippen LogP contribution in [0.2, 0.25) is 0 Å². The van der Waals surface area contributed by atoms with Crippen LogP contribution in [-0.2, 0) is 28.6 Å². The van der Waals surface area contributed by atoms with Gasteiger partial charge >= 0.3 is 5.97 Å². The van der Waals surface area contributed by atoms with Gasteiger partial charge in [0.1, 0.15) is 5.78 Å². The molecule has 2 bridgehead atoms. The van der Waals surface area contributed by atoms with Crippen molar-refractivity contribution in [3.05, 3.63) is 29.8 Å². The Labute approximate surface area is 202 Å². The molecule has 0 aromatic heterocycles. The van der Waals surface area contributed by atoms with E-state index in [1.807, 2.05) is 6.92 Å². The molecule has 1 aromatic rings. The predicted molar refractivity (Wildman–Crippen MR) is 126 cm³/mol. The van der Waals surface area contributed by atoms with E-state index in [4.69, 9.17) is 8.92 Å². The Morgan fingerprint density at radius 1 is 1.06 bits per heavy atom. The van der Waals surface area contributed by atoms with E-state index in [9.17, 15) is 18.0 Å². The van der Waals surface area contributed by atoms with E-state index in [2.05, 4.69) is 13.8 Å². The second-order valence-electron chi connectivity index (χ2n) is 11.9. The summed E-state index contributed by atoms with van der Waals surface area (Å²) in [4.78, 5) is 26.2. The number of methoxy groups -OCH3 is 1. The normalized spacial score (nSPS) is 41.5. The summed E-state index contributed by atoms with van der Waals surface area (Å²) < 4.78 is 37.1. The molecular weight excluding hydrogens is 452 g/mol. The summed E-state index contributed by atoms with van der Waals surface area (Å²) in [5.74, 6) is 0.102. The number of fused-ring (bicyclic) bond motifs is 3. The number of ketones is 1. The first kappa shape index (κ1) is 24.0. The number of hydrogen-bond donors (Lipinski definition) is 0. The summed E-state index contributed by atoms with van der Waals surface area (Å²) in [5, 5.41) is 0. The van der Waals surface area contributed by atoms with Gasteiger partial charge in [-0.05, 0) is 87.2 Å². The van der Waals surface area contributed by atoms with Crippen LogP contribution in [0.25, 0.3) is 0 Å². The maximum Gasteiger partial charge on any atom is 0.311 e. The van der Waals surface area contributed by atoms with Gasteiger partial charge < -0.3 is 4.74 Å². The van der Waals surface area contributed by atoms with Crippen LogP contribution in [0.4, 0.5) is 0 Å². The fraction of sp³-hybridized carbons (Fsp3) is 0.704. The SMILES string of the molecule is COC(=O)[C@]1(C)CCC[C@@]2(C)[C@H]1CC[C@@]13CC(=O)[C@@H](C[C@@H]12)[C@H](OS(=O)(=O)c1ccc(C)cc1)C3. The number of rotatable bonds is 4. The van der Waals surface area contributed by atoms with Crippen molar-refractivity contribution in [3.63, 3.8) is 0 Å². The Balaban J connectivity index is 1.44. The van der Waals surface area contributed by atoms with Gasteiger partial charge in [0, 0.05) is 12.3 Å². The molecule has 7 heteroatoms. The molecule has 5 aliphatic carbocycles. The first-order valence-corrected chi connectivity index (χ1v) is 14.0. The number of carbonyl (C=O) groups is 2. The molecular formula is C27H36O6S. The van der Waals surface area contributed by atoms with Crippen LogP contribution >= 0.6 is 0 Å². The monoisotopic (exact) mass is 488 g/mol. The molecule has 0 saturated heterocycles. The van der Waals surface area contributed by atoms with E-state index in [1.54, 1.807) is 24.3 Å². The minimum atomic E-state index is -3.95. The van der Waals surface area contributed by atoms with E-state index in [-0.39, 0.29) is 39.3 Å². The van der Waals surface area contributed by atoms with Crippen LogP contribution in [0, 0.1) is 40.9 Å². The van der Waals surface area contributed by atoms with Gasteiger partial charge in [0.05, 0.1) is 23.5 Å². The molecule has 186 valence electrons. The van der Waals surface area contributed by atoms with Crippen molar-refractivity contribution in [1.82, 2.24) is 0 Å². The van der Waals surface area contributed by atoms with E-state index in [1.165, 1.54) is 7.11 Å². The van der Waals surface area contributed by atoms with Crippen LogP contribution in [0.15, 0.2) is 29.2 Å². The highest BCUT2D eigenvalue weighted by atomic mass is 32.2. The minimum absolute atomic E-state index is 0.0702. The van der Waals surface area contributed by atoms with Gasteiger partial charge in [0.2, 0.25) is 0 Å². The lowest BCUT2D eigenvalue weighted by Gasteiger charge is -2.67. The van der Waals surface area contributed by atoms with Crippen molar-refractivity contribution in [2.75, 3.05) is 7.11 Å². The quantitative estimate of drug-likeness (QED) is 0.446. The standard InChI is InChI=1S/C27H36O6S/c1-17-6-8-18(9-7-17)34(30,31)33-21-16-27-13-10-22-25(2,23(27)14-19(21)20(28)15-27)11-5-12-26(22,3)24(29)32-4/h6-9,19,21-23H,5,10-16H2,1-4H3/t19-,21-,22-,23-,25+,26-,27+/m1/s1. The lowest BCUT2D eigenvalue weighted by atomic mass is 9.37. The Bertz CT molecular complexity index is 1110. The summed E-state index contributed by atoms with van der Waals surface area (Å²) in [6.45, 7) is 6.28. The van der Waals surface area contributed by atoms with Crippen molar-refractivity contribution in [2.45, 2.75) is 83.1 Å². The smallest absolute Gasteiger partial charge is 0.311 e. The number of aryl methyl sites for hydroxylation is 1. The van der Waals surface area contributed by atoms with Gasteiger partial charge in [-0.3, -0.25) is 13.8 Å². The van der Waals surface area contributed by atoms with Gasteiger partial charge in [-0.2, -0.15) is 8.42 Å². The van der Waals surface area contributed by atoms with Gasteiger partial charge in [0.25, 0.3) is 10.1 Å². The number of ether oxygens (including phenoxy) is 1. The number of carbonyl (C=O) groups excluding carboxylic acids is 2. The molecule has 34 heavy (non-hydrogen) atoms. The summed E-state index contributed by atoms with van der Waals surface area (Å²) in [5.41, 5.74) is 0.149. The van der Waals surface area contributed by atoms with E-state index in [0.717, 1.165) is 37.7 Å². The van der Waals surface area contributed by atoms with Crippen LogP contribution in [-0.4, -0.2) is 33.4 Å². The average Bonchev–Trinajstić information content (AvgIpc) is 2.77. The lowest BCUT2D eigenvalue weighted by molar-refractivity contribution is -0.209. The zero-order valence-electron chi connectivity index (χ0n) is 20.6. The molecule has 5 aliphatic rings. The highest BCUT2D eigenvalue weighted by molar-refractivity contribution is 7.86. The third-order valence-corrected chi connectivity index (χ3v) is 11.5. The average molecular weight is 489 g/mol. The highest BCUT2D eigenvalue weighted by Gasteiger charge is 2.68. The van der Waals surface area contributed by atoms with Crippen molar-refractivity contribution < 1.29 is 26.9 Å². The Morgan fingerprint density at radius 3 is 2.44 bits per heavy atom. The first-order valence-electron chi connectivity index (χ1n) is 12.6. The molecule has 5 saturated carbocycles. The molecule has 0 heterocycles. The lowest BCUT2D eigenvalue weighted by Crippen LogP contribution is -2.65. The van der Waals surface area contributed by atoms with Crippen LogP contribution in [0.3, 0.4) is 0 Å². The Hall–Kier alpha value is -1.73. The van der Waals surface area contributed by atoms with E-state index >= 15 is 0 Å². The van der Waals surface area contributed by atoms with E-state index in [0.29, 0.717) is 19.3 Å². The van der Waals surface area contributed by atoms with Crippen molar-refractivity contribution in [2.24, 2.45) is 34.0 Å². The van der Waals surface area contributed by atoms with Crippen molar-refractivity contribution in [3.8, 4) is 0 Å². The predicted octanol–water partition coefficient (Wildman–Crippen LogP) is 4.83. The molecule has 0 N–H and O–H groups in total.